The van der Waals surface area contributed by atoms with Crippen LogP contribution in [-0.2, 0) is 0 Å². The molecule has 10 heavy (non-hydrogen) atoms. The summed E-state index contributed by atoms with van der Waals surface area (Å²) in [6.45, 7) is 3.30. The lowest BCUT2D eigenvalue weighted by Gasteiger charge is -2.08. The van der Waals surface area contributed by atoms with Gasteiger partial charge in [0.05, 0.1) is 0 Å². The third-order valence-electron chi connectivity index (χ3n) is 1.49. The van der Waals surface area contributed by atoms with Gasteiger partial charge in [-0.15, -0.1) is 0 Å². The maximum absolute atomic E-state index is 3.13. The minimum atomic E-state index is 0.634. The summed E-state index contributed by atoms with van der Waals surface area (Å²) in [6, 6.07) is 0.634. The predicted octanol–water partition coefficient (Wildman–Crippen LogP) is 1.30. The van der Waals surface area contributed by atoms with Gasteiger partial charge in [0.2, 0.25) is 0 Å². The third kappa shape index (κ3) is 6.89. The molecule has 3 atom stereocenters. The number of rotatable bonds is 6. The summed E-state index contributed by atoms with van der Waals surface area (Å²) in [5, 5.41) is 6.18. The number of hydrogen-bond acceptors (Lipinski definition) is 2. The smallest absolute Gasteiger partial charge is 0.00705 e. The fourth-order valence-corrected chi connectivity index (χ4v) is 1.13. The van der Waals surface area contributed by atoms with Gasteiger partial charge in [0.25, 0.3) is 0 Å². The summed E-state index contributed by atoms with van der Waals surface area (Å²) in [5.74, 6) is 0. The number of unbranched alkanes of at least 4 members (excludes halogenated alkanes) is 1. The van der Waals surface area contributed by atoms with E-state index in [-0.39, 0.29) is 0 Å². The maximum Gasteiger partial charge on any atom is 0.00705 e. The number of hydrogen-bond donors (Lipinski definition) is 2. The molecule has 2 N–H and O–H groups in total. The fraction of sp³-hybridized carbons (Fsp3) is 1.00. The molecule has 0 radical (unpaired) electrons. The van der Waals surface area contributed by atoms with Gasteiger partial charge in [-0.3, -0.25) is 5.09 Å². The van der Waals surface area contributed by atoms with Crippen LogP contribution in [0.5, 0.6) is 0 Å². The van der Waals surface area contributed by atoms with Gasteiger partial charge in [0.1, 0.15) is 0 Å². The molecule has 0 aliphatic heterocycles. The van der Waals surface area contributed by atoms with Crippen LogP contribution in [0, 0.1) is 0 Å². The average molecular weight is 180 g/mol. The Morgan fingerprint density at radius 1 is 1.30 bits per heavy atom. The monoisotopic (exact) mass is 180 g/mol. The minimum absolute atomic E-state index is 0.634. The van der Waals surface area contributed by atoms with E-state index in [1.165, 1.54) is 19.3 Å². The first-order chi connectivity index (χ1) is 4.81. The van der Waals surface area contributed by atoms with E-state index in [0.29, 0.717) is 6.04 Å². The molecule has 0 saturated heterocycles. The minimum Gasteiger partial charge on any atom is -0.301 e. The van der Waals surface area contributed by atoms with E-state index in [1.807, 2.05) is 0 Å². The predicted molar refractivity (Wildman–Crippen MR) is 53.9 cm³/mol. The zero-order valence-electron chi connectivity index (χ0n) is 6.56. The molecule has 0 aromatic carbocycles. The molecule has 0 fully saturated rings. The van der Waals surface area contributed by atoms with E-state index in [0.717, 1.165) is 6.54 Å². The highest BCUT2D eigenvalue weighted by Gasteiger charge is 1.95. The quantitative estimate of drug-likeness (QED) is 0.475. The first-order valence-electron chi connectivity index (χ1n) is 3.71. The van der Waals surface area contributed by atoms with Gasteiger partial charge >= 0.3 is 0 Å². The van der Waals surface area contributed by atoms with Crippen molar-refractivity contribution < 1.29 is 0 Å². The van der Waals surface area contributed by atoms with Gasteiger partial charge < -0.3 is 5.09 Å². The molecule has 0 aromatic rings. The Morgan fingerprint density at radius 3 is 2.50 bits per heavy atom. The Bertz CT molecular complexity index is 70.8. The van der Waals surface area contributed by atoms with Gasteiger partial charge in [-0.1, -0.05) is 25.2 Å². The summed E-state index contributed by atoms with van der Waals surface area (Å²) < 4.78 is 0. The van der Waals surface area contributed by atoms with Crippen LogP contribution < -0.4 is 10.2 Å². The zero-order valence-corrected chi connectivity index (χ0v) is 8.87. The topological polar surface area (TPSA) is 24.1 Å². The Morgan fingerprint density at radius 2 is 2.00 bits per heavy atom. The van der Waals surface area contributed by atoms with Crippen molar-refractivity contribution in [2.45, 2.75) is 32.2 Å². The highest BCUT2D eigenvalue weighted by molar-refractivity contribution is 7.13. The average Bonchev–Trinajstić information content (AvgIpc) is 1.98. The van der Waals surface area contributed by atoms with Crippen LogP contribution in [0.2, 0.25) is 0 Å². The van der Waals surface area contributed by atoms with Crippen molar-refractivity contribution in [1.29, 1.82) is 0 Å². The van der Waals surface area contributed by atoms with E-state index in [4.69, 9.17) is 0 Å². The van der Waals surface area contributed by atoms with Crippen molar-refractivity contribution in [3.05, 3.63) is 0 Å². The molecule has 0 spiro atoms. The summed E-state index contributed by atoms with van der Waals surface area (Å²) in [4.78, 5) is 0. The van der Waals surface area contributed by atoms with Crippen molar-refractivity contribution in [2.24, 2.45) is 0 Å². The fourth-order valence-electron chi connectivity index (χ4n) is 0.761. The van der Waals surface area contributed by atoms with Crippen LogP contribution in [0.25, 0.3) is 0 Å². The Labute approximate surface area is 68.4 Å². The molecule has 0 aliphatic carbocycles. The first kappa shape index (κ1) is 10.8. The molecule has 0 amide bonds. The summed E-state index contributed by atoms with van der Waals surface area (Å²) >= 11 is 0. The largest absolute Gasteiger partial charge is 0.301 e. The molecule has 0 aliphatic rings. The molecular formula is C6H18N2P2. The first-order valence-corrected chi connectivity index (χ1v) is 4.86. The molecule has 4 heteroatoms. The lowest BCUT2D eigenvalue weighted by atomic mass is 10.1. The molecule has 2 nitrogen and oxygen atoms in total. The SMILES string of the molecule is CC(CCCCNP)NP. The van der Waals surface area contributed by atoms with E-state index in [9.17, 15) is 0 Å². The van der Waals surface area contributed by atoms with Crippen molar-refractivity contribution in [3.8, 4) is 0 Å². The normalized spacial score (nSPS) is 13.5. The summed E-state index contributed by atoms with van der Waals surface area (Å²) in [6.07, 6.45) is 3.82. The van der Waals surface area contributed by atoms with Crippen LogP contribution in [-0.4, -0.2) is 12.6 Å². The molecule has 0 rings (SSSR count). The highest BCUT2D eigenvalue weighted by atomic mass is 31.0. The maximum atomic E-state index is 3.13. The van der Waals surface area contributed by atoms with Gasteiger partial charge in [-0.05, 0) is 26.3 Å². The van der Waals surface area contributed by atoms with Gasteiger partial charge in [-0.2, -0.15) is 0 Å². The summed E-state index contributed by atoms with van der Waals surface area (Å²) in [5.41, 5.74) is 0. The molecule has 0 saturated carbocycles. The van der Waals surface area contributed by atoms with Crippen molar-refractivity contribution in [2.75, 3.05) is 6.54 Å². The molecular weight excluding hydrogens is 162 g/mol. The van der Waals surface area contributed by atoms with Gasteiger partial charge in [-0.25, -0.2) is 0 Å². The zero-order chi connectivity index (χ0) is 7.82. The lowest BCUT2D eigenvalue weighted by molar-refractivity contribution is 0.572. The van der Waals surface area contributed by atoms with E-state index >= 15 is 0 Å². The highest BCUT2D eigenvalue weighted by Crippen LogP contribution is 2.00. The second-order valence-corrected chi connectivity index (χ2v) is 3.26. The Kier molecular flexibility index (Phi) is 8.50. The third-order valence-corrected chi connectivity index (χ3v) is 2.35. The van der Waals surface area contributed by atoms with Crippen molar-refractivity contribution in [3.63, 3.8) is 0 Å². The Balaban J connectivity index is 2.89. The second-order valence-electron chi connectivity index (χ2n) is 2.52. The molecule has 3 unspecified atom stereocenters. The second kappa shape index (κ2) is 7.88. The van der Waals surface area contributed by atoms with E-state index in [1.54, 1.807) is 0 Å². The van der Waals surface area contributed by atoms with Crippen LogP contribution in [0.15, 0.2) is 0 Å². The van der Waals surface area contributed by atoms with Crippen LogP contribution in [0.4, 0.5) is 0 Å². The molecule has 0 heterocycles. The number of nitrogens with one attached hydrogen (secondary N) is 2. The summed E-state index contributed by atoms with van der Waals surface area (Å²) in [7, 11) is 5.06. The van der Waals surface area contributed by atoms with Gasteiger partial charge in [0, 0.05) is 6.04 Å². The standard InChI is InChI=1S/C6H18N2P2/c1-6(8-10)4-2-3-5-7-9/h6-8H,2-5,9-10H2,1H3. The van der Waals surface area contributed by atoms with E-state index < -0.39 is 0 Å². The lowest BCUT2D eigenvalue weighted by Crippen LogP contribution is -2.15. The van der Waals surface area contributed by atoms with Crippen molar-refractivity contribution >= 4 is 18.8 Å². The molecule has 0 aromatic heterocycles. The van der Waals surface area contributed by atoms with Crippen LogP contribution in [0.3, 0.4) is 0 Å². The van der Waals surface area contributed by atoms with Crippen molar-refractivity contribution in [1.82, 2.24) is 10.2 Å². The van der Waals surface area contributed by atoms with Crippen LogP contribution in [0.1, 0.15) is 26.2 Å². The Hall–Kier alpha value is 0.780. The molecule has 62 valence electrons. The van der Waals surface area contributed by atoms with E-state index in [2.05, 4.69) is 35.9 Å². The van der Waals surface area contributed by atoms with Crippen LogP contribution >= 0.6 is 18.8 Å². The van der Waals surface area contributed by atoms with Gasteiger partial charge in [0.15, 0.2) is 0 Å². The molecule has 0 bridgehead atoms.